The van der Waals surface area contributed by atoms with E-state index in [2.05, 4.69) is 6.92 Å². The molecule has 2 atom stereocenters. The molecule has 0 heterocycles. The molecule has 1 aliphatic rings. The van der Waals surface area contributed by atoms with E-state index in [0.717, 1.165) is 18.3 Å². The molecule has 0 spiro atoms. The van der Waals surface area contributed by atoms with Gasteiger partial charge in [-0.15, -0.1) is 0 Å². The van der Waals surface area contributed by atoms with Gasteiger partial charge in [0.1, 0.15) is 0 Å². The van der Waals surface area contributed by atoms with Crippen molar-refractivity contribution in [3.63, 3.8) is 0 Å². The Hall–Kier alpha value is -0.0400. The molecular formula is C8H16O. The monoisotopic (exact) mass is 128 g/mol. The molecule has 0 saturated heterocycles. The molecule has 0 amide bonds. The number of hydrogen-bond donors (Lipinski definition) is 1. The molecule has 2 unspecified atom stereocenters. The maximum Gasteiger partial charge on any atom is 0.0431 e. The molecule has 1 heteroatoms. The van der Waals surface area contributed by atoms with Gasteiger partial charge in [0.15, 0.2) is 0 Å². The summed E-state index contributed by atoms with van der Waals surface area (Å²) < 4.78 is 0. The fourth-order valence-corrected chi connectivity index (χ4v) is 1.52. The second kappa shape index (κ2) is 3.21. The van der Waals surface area contributed by atoms with E-state index in [9.17, 15) is 0 Å². The quantitative estimate of drug-likeness (QED) is 0.614. The van der Waals surface area contributed by atoms with Crippen molar-refractivity contribution < 1.29 is 5.11 Å². The first kappa shape index (κ1) is 7.07. The summed E-state index contributed by atoms with van der Waals surface area (Å²) in [6.45, 7) is 2.69. The van der Waals surface area contributed by atoms with E-state index in [0.29, 0.717) is 6.61 Å². The van der Waals surface area contributed by atoms with Crippen LogP contribution in [-0.2, 0) is 0 Å². The molecule has 1 rings (SSSR count). The van der Waals surface area contributed by atoms with Gasteiger partial charge in [-0.3, -0.25) is 0 Å². The lowest BCUT2D eigenvalue weighted by molar-refractivity contribution is 0.164. The summed E-state index contributed by atoms with van der Waals surface area (Å²) in [7, 11) is 0. The van der Waals surface area contributed by atoms with Gasteiger partial charge in [-0.2, -0.15) is 0 Å². The molecular weight excluding hydrogens is 112 g/mol. The van der Waals surface area contributed by atoms with Crippen LogP contribution >= 0.6 is 0 Å². The number of hydrogen-bond acceptors (Lipinski definition) is 1. The van der Waals surface area contributed by atoms with Crippen LogP contribution in [0.2, 0.25) is 0 Å². The number of rotatable bonds is 3. The molecule has 1 N–H and O–H groups in total. The smallest absolute Gasteiger partial charge is 0.0431 e. The second-order valence-corrected chi connectivity index (χ2v) is 3.18. The molecule has 0 bridgehead atoms. The van der Waals surface area contributed by atoms with Gasteiger partial charge in [0.05, 0.1) is 0 Å². The zero-order valence-electron chi connectivity index (χ0n) is 6.14. The van der Waals surface area contributed by atoms with Crippen LogP contribution in [0, 0.1) is 11.8 Å². The molecule has 0 aliphatic heterocycles. The van der Waals surface area contributed by atoms with E-state index in [4.69, 9.17) is 5.11 Å². The molecule has 0 aromatic carbocycles. The summed E-state index contributed by atoms with van der Waals surface area (Å²) in [4.78, 5) is 0. The first-order valence-electron chi connectivity index (χ1n) is 3.95. The summed E-state index contributed by atoms with van der Waals surface area (Å²) in [6, 6.07) is 0. The summed E-state index contributed by atoms with van der Waals surface area (Å²) in [5, 5.41) is 8.52. The molecule has 9 heavy (non-hydrogen) atoms. The molecule has 1 saturated carbocycles. The zero-order valence-corrected chi connectivity index (χ0v) is 6.14. The van der Waals surface area contributed by atoms with Gasteiger partial charge in [-0.25, -0.2) is 0 Å². The number of aliphatic hydroxyl groups excluding tert-OH is 1. The molecule has 0 aromatic rings. The Kier molecular flexibility index (Phi) is 2.52. The Labute approximate surface area is 57.1 Å². The lowest BCUT2D eigenvalue weighted by Gasteiger charge is -2.33. The Bertz CT molecular complexity index is 80.6. The second-order valence-electron chi connectivity index (χ2n) is 3.18. The highest BCUT2D eigenvalue weighted by molar-refractivity contribution is 4.76. The van der Waals surface area contributed by atoms with E-state index in [-0.39, 0.29) is 0 Å². The third-order valence-corrected chi connectivity index (χ3v) is 2.53. The standard InChI is InChI=1S/C8H16O/c1-7-4-5-8(7)3-2-6-9/h7-9H,2-6H2,1H3. The summed E-state index contributed by atoms with van der Waals surface area (Å²) >= 11 is 0. The SMILES string of the molecule is CC1CCC1CCCO. The minimum absolute atomic E-state index is 0.378. The zero-order chi connectivity index (χ0) is 6.69. The minimum atomic E-state index is 0.378. The van der Waals surface area contributed by atoms with Gasteiger partial charge < -0.3 is 5.11 Å². The molecule has 54 valence electrons. The van der Waals surface area contributed by atoms with Crippen molar-refractivity contribution in [3.8, 4) is 0 Å². The molecule has 1 fully saturated rings. The Morgan fingerprint density at radius 2 is 2.22 bits per heavy atom. The fourth-order valence-electron chi connectivity index (χ4n) is 1.52. The van der Waals surface area contributed by atoms with Crippen LogP contribution < -0.4 is 0 Å². The molecule has 1 nitrogen and oxygen atoms in total. The van der Waals surface area contributed by atoms with Crippen molar-refractivity contribution in [2.75, 3.05) is 6.61 Å². The van der Waals surface area contributed by atoms with Gasteiger partial charge in [0.25, 0.3) is 0 Å². The predicted octanol–water partition coefficient (Wildman–Crippen LogP) is 1.81. The third kappa shape index (κ3) is 1.68. The van der Waals surface area contributed by atoms with Crippen LogP contribution in [0.3, 0.4) is 0 Å². The van der Waals surface area contributed by atoms with E-state index in [1.54, 1.807) is 0 Å². The topological polar surface area (TPSA) is 20.2 Å². The lowest BCUT2D eigenvalue weighted by atomic mass is 9.73. The maximum absolute atomic E-state index is 8.52. The van der Waals surface area contributed by atoms with Gasteiger partial charge in [-0.1, -0.05) is 13.3 Å². The largest absolute Gasteiger partial charge is 0.396 e. The van der Waals surface area contributed by atoms with Crippen molar-refractivity contribution in [2.45, 2.75) is 32.6 Å². The van der Waals surface area contributed by atoms with Crippen molar-refractivity contribution in [2.24, 2.45) is 11.8 Å². The molecule has 0 aromatic heterocycles. The van der Waals surface area contributed by atoms with Crippen LogP contribution in [-0.4, -0.2) is 11.7 Å². The van der Waals surface area contributed by atoms with Crippen LogP contribution in [0.1, 0.15) is 32.6 Å². The highest BCUT2D eigenvalue weighted by atomic mass is 16.2. The Morgan fingerprint density at radius 3 is 2.56 bits per heavy atom. The van der Waals surface area contributed by atoms with Crippen molar-refractivity contribution in [1.29, 1.82) is 0 Å². The van der Waals surface area contributed by atoms with Crippen LogP contribution in [0.25, 0.3) is 0 Å². The highest BCUT2D eigenvalue weighted by Gasteiger charge is 2.25. The Balaban J connectivity index is 1.99. The fraction of sp³-hybridized carbons (Fsp3) is 1.00. The Morgan fingerprint density at radius 1 is 1.44 bits per heavy atom. The van der Waals surface area contributed by atoms with Crippen molar-refractivity contribution in [3.05, 3.63) is 0 Å². The lowest BCUT2D eigenvalue weighted by Crippen LogP contribution is -2.22. The molecule has 0 radical (unpaired) electrons. The van der Waals surface area contributed by atoms with Gasteiger partial charge >= 0.3 is 0 Å². The van der Waals surface area contributed by atoms with Gasteiger partial charge in [-0.05, 0) is 31.1 Å². The number of aliphatic hydroxyl groups is 1. The van der Waals surface area contributed by atoms with Gasteiger partial charge in [0, 0.05) is 6.61 Å². The van der Waals surface area contributed by atoms with E-state index < -0.39 is 0 Å². The minimum Gasteiger partial charge on any atom is -0.396 e. The van der Waals surface area contributed by atoms with Crippen LogP contribution in [0.5, 0.6) is 0 Å². The predicted molar refractivity (Wildman–Crippen MR) is 38.2 cm³/mol. The maximum atomic E-state index is 8.52. The molecule has 1 aliphatic carbocycles. The first-order chi connectivity index (χ1) is 4.34. The summed E-state index contributed by atoms with van der Waals surface area (Å²) in [5.74, 6) is 1.88. The van der Waals surface area contributed by atoms with Crippen molar-refractivity contribution in [1.82, 2.24) is 0 Å². The average Bonchev–Trinajstić information content (AvgIpc) is 1.86. The first-order valence-corrected chi connectivity index (χ1v) is 3.95. The van der Waals surface area contributed by atoms with E-state index in [1.807, 2.05) is 0 Å². The van der Waals surface area contributed by atoms with Crippen LogP contribution in [0.15, 0.2) is 0 Å². The summed E-state index contributed by atoms with van der Waals surface area (Å²) in [5.41, 5.74) is 0. The normalized spacial score (nSPS) is 34.0. The van der Waals surface area contributed by atoms with Crippen molar-refractivity contribution >= 4 is 0 Å². The van der Waals surface area contributed by atoms with E-state index >= 15 is 0 Å². The average molecular weight is 128 g/mol. The van der Waals surface area contributed by atoms with Crippen LogP contribution in [0.4, 0.5) is 0 Å². The third-order valence-electron chi connectivity index (χ3n) is 2.53. The van der Waals surface area contributed by atoms with Gasteiger partial charge in [0.2, 0.25) is 0 Å². The highest BCUT2D eigenvalue weighted by Crippen LogP contribution is 2.36. The summed E-state index contributed by atoms with van der Waals surface area (Å²) in [6.07, 6.45) is 5.07. The van der Waals surface area contributed by atoms with E-state index in [1.165, 1.54) is 19.3 Å².